The Labute approximate surface area is 239 Å². The van der Waals surface area contributed by atoms with Gasteiger partial charge in [-0.1, -0.05) is 30.3 Å². The second-order valence-electron chi connectivity index (χ2n) is 12.5. The monoisotopic (exact) mass is 549 g/mol. The van der Waals surface area contributed by atoms with Crippen LogP contribution in [0.3, 0.4) is 0 Å². The van der Waals surface area contributed by atoms with Gasteiger partial charge in [0.25, 0.3) is 0 Å². The Morgan fingerprint density at radius 2 is 2.02 bits per heavy atom. The molecule has 4 heterocycles. The Morgan fingerprint density at radius 1 is 1.15 bits per heavy atom. The van der Waals surface area contributed by atoms with Crippen LogP contribution in [0.15, 0.2) is 54.9 Å². The summed E-state index contributed by atoms with van der Waals surface area (Å²) < 4.78 is 5.65. The summed E-state index contributed by atoms with van der Waals surface area (Å²) in [6, 6.07) is 12.4. The smallest absolute Gasteiger partial charge is 0.408 e. The summed E-state index contributed by atoms with van der Waals surface area (Å²) in [6.45, 7) is 6.55. The molecule has 2 aliphatic carbocycles. The molecule has 0 bridgehead atoms. The van der Waals surface area contributed by atoms with E-state index in [1.54, 1.807) is 0 Å². The maximum atomic E-state index is 12.9. The van der Waals surface area contributed by atoms with Crippen LogP contribution >= 0.6 is 0 Å². The number of hydrogen-bond acceptors (Lipinski definition) is 7. The van der Waals surface area contributed by atoms with E-state index >= 15 is 0 Å². The maximum absolute atomic E-state index is 12.9. The molecule has 3 aliphatic rings. The lowest BCUT2D eigenvalue weighted by Crippen LogP contribution is -2.42. The summed E-state index contributed by atoms with van der Waals surface area (Å²) >= 11 is 0. The van der Waals surface area contributed by atoms with Crippen LogP contribution in [0.25, 0.3) is 16.7 Å². The third kappa shape index (κ3) is 4.63. The SMILES string of the molecule is CC(C)(C)OC(=O)N[C@H]1c2ccccc2C[C@]12CC=C(c1cnc3c(N4CCCc5ncccc54)n[nH]c3n1)CC2. The number of carbonyl (C=O) groups excluding carboxylic acids is 1. The molecular weight excluding hydrogens is 514 g/mol. The third-order valence-electron chi connectivity index (χ3n) is 8.62. The van der Waals surface area contributed by atoms with E-state index in [0.29, 0.717) is 5.65 Å². The molecule has 210 valence electrons. The molecule has 9 nitrogen and oxygen atoms in total. The number of nitrogens with one attached hydrogen (secondary N) is 2. The fourth-order valence-electron chi connectivity index (χ4n) is 6.76. The molecule has 1 spiro atoms. The number of aryl methyl sites for hydroxylation is 1. The van der Waals surface area contributed by atoms with Gasteiger partial charge in [-0.15, -0.1) is 0 Å². The van der Waals surface area contributed by atoms with Crippen LogP contribution in [-0.4, -0.2) is 43.4 Å². The largest absolute Gasteiger partial charge is 0.444 e. The molecule has 9 heteroatoms. The number of alkyl carbamates (subject to hydrolysis) is 1. The lowest BCUT2D eigenvalue weighted by atomic mass is 9.70. The first-order valence-electron chi connectivity index (χ1n) is 14.5. The van der Waals surface area contributed by atoms with E-state index in [2.05, 4.69) is 55.7 Å². The second kappa shape index (κ2) is 9.68. The summed E-state index contributed by atoms with van der Waals surface area (Å²) in [5, 5.41) is 11.0. The predicted octanol–water partition coefficient (Wildman–Crippen LogP) is 6.21. The van der Waals surface area contributed by atoms with Gasteiger partial charge in [-0.3, -0.25) is 10.1 Å². The van der Waals surface area contributed by atoms with Gasteiger partial charge in [0.1, 0.15) is 5.60 Å². The van der Waals surface area contributed by atoms with Crippen molar-refractivity contribution in [1.29, 1.82) is 0 Å². The molecule has 2 N–H and O–H groups in total. The standard InChI is InChI=1S/C32H35N7O2/c1-31(2,3)41-30(40)36-27-22-9-5-4-8-21(22)18-32(27)14-12-20(13-15-32)24-19-34-26-28(35-24)37-38-29(26)39-17-7-10-23-25(39)11-6-16-33-23/h4-6,8-9,11-12,16,19,27H,7,10,13-15,17-18H2,1-3H3,(H,36,40)(H,35,37,38)/t27-,32+/m0/s1. The summed E-state index contributed by atoms with van der Waals surface area (Å²) in [5.74, 6) is 0.796. The summed E-state index contributed by atoms with van der Waals surface area (Å²) in [5.41, 5.74) is 7.53. The highest BCUT2D eigenvalue weighted by molar-refractivity contribution is 5.87. The first-order valence-corrected chi connectivity index (χ1v) is 14.5. The third-order valence-corrected chi connectivity index (χ3v) is 8.62. The molecule has 1 amide bonds. The maximum Gasteiger partial charge on any atom is 0.408 e. The molecule has 1 aromatic carbocycles. The van der Waals surface area contributed by atoms with Crippen LogP contribution in [0.5, 0.6) is 0 Å². The molecule has 0 saturated heterocycles. The van der Waals surface area contributed by atoms with Gasteiger partial charge >= 0.3 is 6.09 Å². The minimum Gasteiger partial charge on any atom is -0.444 e. The number of carbonyl (C=O) groups is 1. The van der Waals surface area contributed by atoms with Crippen LogP contribution < -0.4 is 10.2 Å². The number of nitrogens with zero attached hydrogens (tertiary/aromatic N) is 5. The Kier molecular flexibility index (Phi) is 6.06. The van der Waals surface area contributed by atoms with E-state index in [4.69, 9.17) is 14.7 Å². The normalized spacial score (nSPS) is 21.9. The average Bonchev–Trinajstić information content (AvgIpc) is 3.51. The average molecular weight is 550 g/mol. The molecule has 4 aromatic rings. The van der Waals surface area contributed by atoms with Gasteiger partial charge in [-0.05, 0) is 88.1 Å². The fraction of sp³-hybridized carbons (Fsp3) is 0.406. The zero-order chi connectivity index (χ0) is 28.2. The lowest BCUT2D eigenvalue weighted by molar-refractivity contribution is 0.0442. The number of aromatic amines is 1. The highest BCUT2D eigenvalue weighted by Gasteiger charge is 2.47. The zero-order valence-electron chi connectivity index (χ0n) is 23.8. The van der Waals surface area contributed by atoms with Crippen molar-refractivity contribution in [3.05, 3.63) is 77.4 Å². The van der Waals surface area contributed by atoms with Crippen LogP contribution in [-0.2, 0) is 17.6 Å². The number of benzene rings is 1. The number of rotatable bonds is 3. The van der Waals surface area contributed by atoms with E-state index in [-0.39, 0.29) is 17.6 Å². The summed E-state index contributed by atoms with van der Waals surface area (Å²) in [7, 11) is 0. The van der Waals surface area contributed by atoms with Crippen molar-refractivity contribution in [3.63, 3.8) is 0 Å². The lowest BCUT2D eigenvalue weighted by Gasteiger charge is -2.39. The predicted molar refractivity (Wildman–Crippen MR) is 158 cm³/mol. The van der Waals surface area contributed by atoms with Crippen molar-refractivity contribution in [2.45, 2.75) is 70.9 Å². The first-order chi connectivity index (χ1) is 19.8. The molecule has 3 aromatic heterocycles. The van der Waals surface area contributed by atoms with Crippen LogP contribution in [0.1, 0.15) is 75.0 Å². The quantitative estimate of drug-likeness (QED) is 0.313. The molecule has 0 unspecified atom stereocenters. The van der Waals surface area contributed by atoms with Crippen molar-refractivity contribution in [1.82, 2.24) is 30.5 Å². The molecule has 41 heavy (non-hydrogen) atoms. The zero-order valence-corrected chi connectivity index (χ0v) is 23.8. The molecule has 0 saturated carbocycles. The van der Waals surface area contributed by atoms with Gasteiger partial charge < -0.3 is 15.0 Å². The molecule has 2 atom stereocenters. The molecular formula is C32H35N7O2. The van der Waals surface area contributed by atoms with E-state index in [1.807, 2.05) is 45.3 Å². The van der Waals surface area contributed by atoms with Gasteiger partial charge in [0, 0.05) is 18.2 Å². The number of H-pyrrole nitrogens is 1. The number of pyridine rings is 1. The fourth-order valence-corrected chi connectivity index (χ4v) is 6.76. The van der Waals surface area contributed by atoms with Gasteiger partial charge in [0.2, 0.25) is 0 Å². The number of fused-ring (bicyclic) bond motifs is 3. The molecule has 1 aliphatic heterocycles. The van der Waals surface area contributed by atoms with E-state index in [0.717, 1.165) is 73.5 Å². The van der Waals surface area contributed by atoms with E-state index in [9.17, 15) is 4.79 Å². The summed E-state index contributed by atoms with van der Waals surface area (Å²) in [6.07, 6.45) is 11.2. The Morgan fingerprint density at radius 3 is 2.85 bits per heavy atom. The molecule has 0 fully saturated rings. The van der Waals surface area contributed by atoms with Crippen molar-refractivity contribution in [2.75, 3.05) is 11.4 Å². The second-order valence-corrected chi connectivity index (χ2v) is 12.5. The summed E-state index contributed by atoms with van der Waals surface area (Å²) in [4.78, 5) is 29.4. The van der Waals surface area contributed by atoms with Gasteiger partial charge in [-0.25, -0.2) is 14.8 Å². The Balaban J connectivity index is 1.15. The van der Waals surface area contributed by atoms with Crippen LogP contribution in [0.2, 0.25) is 0 Å². The number of anilines is 2. The van der Waals surface area contributed by atoms with Crippen LogP contribution in [0, 0.1) is 5.41 Å². The highest BCUT2D eigenvalue weighted by atomic mass is 16.6. The van der Waals surface area contributed by atoms with E-state index < -0.39 is 5.60 Å². The first kappa shape index (κ1) is 25.7. The van der Waals surface area contributed by atoms with Crippen LogP contribution in [0.4, 0.5) is 16.3 Å². The van der Waals surface area contributed by atoms with Crippen molar-refractivity contribution in [3.8, 4) is 0 Å². The van der Waals surface area contributed by atoms with Gasteiger partial charge in [0.15, 0.2) is 17.0 Å². The van der Waals surface area contributed by atoms with Gasteiger partial charge in [0.05, 0.1) is 29.3 Å². The van der Waals surface area contributed by atoms with Crippen molar-refractivity contribution in [2.24, 2.45) is 5.41 Å². The van der Waals surface area contributed by atoms with Crippen molar-refractivity contribution >= 4 is 34.3 Å². The number of allylic oxidation sites excluding steroid dienone is 2. The van der Waals surface area contributed by atoms with E-state index in [1.165, 1.54) is 16.7 Å². The van der Waals surface area contributed by atoms with Crippen molar-refractivity contribution < 1.29 is 9.53 Å². The highest BCUT2D eigenvalue weighted by Crippen LogP contribution is 2.54. The van der Waals surface area contributed by atoms with Gasteiger partial charge in [-0.2, -0.15) is 5.10 Å². The Hall–Kier alpha value is -4.27. The number of hydrogen-bond donors (Lipinski definition) is 2. The topological polar surface area (TPSA) is 109 Å². The number of aromatic nitrogens is 5. The molecule has 0 radical (unpaired) electrons. The Bertz CT molecular complexity index is 1670. The number of ether oxygens (including phenoxy) is 1. The number of amides is 1. The molecule has 7 rings (SSSR count). The minimum atomic E-state index is -0.548. The minimum absolute atomic E-state index is 0.0987.